The highest BCUT2D eigenvalue weighted by atomic mass is 32.2. The van der Waals surface area contributed by atoms with E-state index in [0.29, 0.717) is 17.4 Å². The molecule has 2 saturated heterocycles. The van der Waals surface area contributed by atoms with E-state index in [1.165, 1.54) is 43.2 Å². The number of carbonyl (C=O) groups excluding carboxylic acids is 1. The van der Waals surface area contributed by atoms with E-state index in [9.17, 15) is 4.79 Å². The minimum absolute atomic E-state index is 0.0584. The summed E-state index contributed by atoms with van der Waals surface area (Å²) in [4.78, 5) is 23.9. The zero-order valence-electron chi connectivity index (χ0n) is 31.0. The number of anilines is 1. The van der Waals surface area contributed by atoms with Crippen molar-refractivity contribution in [2.45, 2.75) is 88.5 Å². The molecule has 3 heterocycles. The maximum absolute atomic E-state index is 14.0. The van der Waals surface area contributed by atoms with Crippen molar-refractivity contribution in [2.24, 2.45) is 11.8 Å². The summed E-state index contributed by atoms with van der Waals surface area (Å²) in [6, 6.07) is 26.1. The number of para-hydroxylation sites is 2. The van der Waals surface area contributed by atoms with Crippen molar-refractivity contribution in [2.75, 3.05) is 51.4 Å². The molecular formula is C43H57N5O2S. The lowest BCUT2D eigenvalue weighted by molar-refractivity contribution is 0.0776. The summed E-state index contributed by atoms with van der Waals surface area (Å²) >= 11 is 1.77. The van der Waals surface area contributed by atoms with E-state index >= 15 is 0 Å². The number of ether oxygens (including phenoxy) is 1. The Morgan fingerprint density at radius 1 is 0.961 bits per heavy atom. The van der Waals surface area contributed by atoms with Crippen LogP contribution >= 0.6 is 11.8 Å². The number of fused-ring (bicyclic) bond motifs is 1. The Labute approximate surface area is 309 Å². The molecule has 3 fully saturated rings. The molecule has 7 rings (SSSR count). The highest BCUT2D eigenvalue weighted by Gasteiger charge is 2.42. The van der Waals surface area contributed by atoms with Gasteiger partial charge < -0.3 is 24.4 Å². The van der Waals surface area contributed by atoms with Gasteiger partial charge in [0, 0.05) is 49.9 Å². The third kappa shape index (κ3) is 7.97. The molecule has 4 aromatic rings. The Bertz CT molecular complexity index is 1750. The normalized spacial score (nSPS) is 22.9. The lowest BCUT2D eigenvalue weighted by Crippen LogP contribution is -2.42. The SMILES string of the molecule is CCC1CCCC1CCn1c(NC2CCN(CCC3(c4ccccc4)CCN(C(=O)c4cc(CSC)ccc4OC)C3)CC2)nc2ccccc21. The average molecular weight is 708 g/mol. The van der Waals surface area contributed by atoms with Crippen molar-refractivity contribution < 1.29 is 9.53 Å². The third-order valence-corrected chi connectivity index (χ3v) is 13.0. The van der Waals surface area contributed by atoms with Crippen molar-refractivity contribution in [3.05, 3.63) is 89.5 Å². The number of aryl methyl sites for hydroxylation is 1. The number of likely N-dealkylation sites (tertiary alicyclic amines) is 2. The molecule has 0 bridgehead atoms. The van der Waals surface area contributed by atoms with Crippen LogP contribution in [0.5, 0.6) is 5.75 Å². The Balaban J connectivity index is 0.989. The van der Waals surface area contributed by atoms with Crippen molar-refractivity contribution in [1.82, 2.24) is 19.4 Å². The van der Waals surface area contributed by atoms with Crippen LogP contribution in [0, 0.1) is 11.8 Å². The van der Waals surface area contributed by atoms with Gasteiger partial charge in [-0.05, 0) is 92.1 Å². The van der Waals surface area contributed by atoms with Gasteiger partial charge in [-0.3, -0.25) is 4.79 Å². The van der Waals surface area contributed by atoms with Crippen molar-refractivity contribution >= 4 is 34.7 Å². The molecule has 3 aliphatic rings. The second-order valence-corrected chi connectivity index (χ2v) is 16.2. The largest absolute Gasteiger partial charge is 0.496 e. The van der Waals surface area contributed by atoms with Crippen LogP contribution in [0.25, 0.3) is 11.0 Å². The molecule has 1 N–H and O–H groups in total. The number of hydrogen-bond acceptors (Lipinski definition) is 6. The predicted octanol–water partition coefficient (Wildman–Crippen LogP) is 8.87. The summed E-state index contributed by atoms with van der Waals surface area (Å²) in [5.74, 6) is 4.40. The summed E-state index contributed by atoms with van der Waals surface area (Å²) in [5, 5.41) is 3.92. The van der Waals surface area contributed by atoms with Gasteiger partial charge in [0.1, 0.15) is 5.75 Å². The number of benzene rings is 3. The predicted molar refractivity (Wildman–Crippen MR) is 212 cm³/mol. The van der Waals surface area contributed by atoms with Gasteiger partial charge in [0.15, 0.2) is 0 Å². The molecule has 0 radical (unpaired) electrons. The molecule has 0 spiro atoms. The molecule has 8 heteroatoms. The minimum Gasteiger partial charge on any atom is -0.496 e. The molecule has 51 heavy (non-hydrogen) atoms. The first-order chi connectivity index (χ1) is 25.0. The van der Waals surface area contributed by atoms with E-state index in [4.69, 9.17) is 9.72 Å². The fraction of sp³-hybridized carbons (Fsp3) is 0.535. The van der Waals surface area contributed by atoms with E-state index in [0.717, 1.165) is 99.6 Å². The molecule has 3 unspecified atom stereocenters. The third-order valence-electron chi connectivity index (χ3n) is 12.4. The zero-order valence-corrected chi connectivity index (χ0v) is 31.8. The van der Waals surface area contributed by atoms with E-state index in [1.54, 1.807) is 18.9 Å². The van der Waals surface area contributed by atoms with Crippen LogP contribution in [0.15, 0.2) is 72.8 Å². The van der Waals surface area contributed by atoms with Crippen LogP contribution in [0.2, 0.25) is 0 Å². The van der Waals surface area contributed by atoms with E-state index in [1.807, 2.05) is 12.1 Å². The quantitative estimate of drug-likeness (QED) is 0.141. The number of aromatic nitrogens is 2. The fourth-order valence-electron chi connectivity index (χ4n) is 9.36. The molecule has 272 valence electrons. The minimum atomic E-state index is -0.0584. The summed E-state index contributed by atoms with van der Waals surface area (Å²) < 4.78 is 8.13. The maximum atomic E-state index is 14.0. The first-order valence-electron chi connectivity index (χ1n) is 19.4. The number of piperidine rings is 1. The molecule has 7 nitrogen and oxygen atoms in total. The number of carbonyl (C=O) groups is 1. The summed E-state index contributed by atoms with van der Waals surface area (Å²) in [6.45, 7) is 8.09. The maximum Gasteiger partial charge on any atom is 0.257 e. The first-order valence-corrected chi connectivity index (χ1v) is 20.8. The molecule has 2 aliphatic heterocycles. The van der Waals surface area contributed by atoms with Gasteiger partial charge in [0.25, 0.3) is 5.91 Å². The second kappa shape index (κ2) is 16.5. The molecule has 3 atom stereocenters. The molecule has 1 aromatic heterocycles. The summed E-state index contributed by atoms with van der Waals surface area (Å²) in [7, 11) is 1.66. The Hall–Kier alpha value is -3.49. The number of hydrogen-bond donors (Lipinski definition) is 1. The standard InChI is InChI=1S/C43H57N5O2S/c1-4-33-11-10-12-34(33)19-26-48-39-16-9-8-15-38(39)45-42(48)44-36-20-24-46(25-21-36)27-22-43(35-13-6-5-7-14-35)23-28-47(31-43)41(49)37-29-32(30-51-3)17-18-40(37)50-2/h5-9,13-18,29,33-34,36H,4,10-12,19-28,30-31H2,1-3H3,(H,44,45). The summed E-state index contributed by atoms with van der Waals surface area (Å²) in [5.41, 5.74) is 5.48. The van der Waals surface area contributed by atoms with E-state index < -0.39 is 0 Å². The fourth-order valence-corrected chi connectivity index (χ4v) is 9.88. The number of imidazole rings is 1. The van der Waals surface area contributed by atoms with Crippen LogP contribution in [0.4, 0.5) is 5.95 Å². The zero-order chi connectivity index (χ0) is 35.2. The smallest absolute Gasteiger partial charge is 0.257 e. The molecular weight excluding hydrogens is 651 g/mol. The van der Waals surface area contributed by atoms with Gasteiger partial charge in [0.2, 0.25) is 5.95 Å². The van der Waals surface area contributed by atoms with Gasteiger partial charge >= 0.3 is 0 Å². The molecule has 1 amide bonds. The van der Waals surface area contributed by atoms with Gasteiger partial charge in [0.05, 0.1) is 23.7 Å². The number of nitrogens with one attached hydrogen (secondary N) is 1. The highest BCUT2D eigenvalue weighted by molar-refractivity contribution is 7.97. The summed E-state index contributed by atoms with van der Waals surface area (Å²) in [6.07, 6.45) is 13.1. The molecule has 1 saturated carbocycles. The van der Waals surface area contributed by atoms with E-state index in [2.05, 4.69) is 93.5 Å². The lowest BCUT2D eigenvalue weighted by atomic mass is 9.76. The van der Waals surface area contributed by atoms with E-state index in [-0.39, 0.29) is 11.3 Å². The number of amides is 1. The number of thioether (sulfide) groups is 1. The monoisotopic (exact) mass is 707 g/mol. The molecule has 1 aliphatic carbocycles. The molecule has 3 aromatic carbocycles. The topological polar surface area (TPSA) is 62.6 Å². The van der Waals surface area contributed by atoms with Gasteiger partial charge in [-0.1, -0.05) is 81.1 Å². The highest BCUT2D eigenvalue weighted by Crippen LogP contribution is 2.40. The van der Waals surface area contributed by atoms with Crippen LogP contribution in [-0.2, 0) is 17.7 Å². The number of methoxy groups -OCH3 is 1. The van der Waals surface area contributed by atoms with Crippen LogP contribution in [0.3, 0.4) is 0 Å². The first kappa shape index (κ1) is 35.9. The van der Waals surface area contributed by atoms with Crippen LogP contribution in [0.1, 0.15) is 86.2 Å². The van der Waals surface area contributed by atoms with Gasteiger partial charge in [-0.15, -0.1) is 0 Å². The Morgan fingerprint density at radius 3 is 2.53 bits per heavy atom. The average Bonchev–Trinajstić information content (AvgIpc) is 3.91. The number of rotatable bonds is 14. The van der Waals surface area contributed by atoms with Crippen molar-refractivity contribution in [3.8, 4) is 5.75 Å². The Morgan fingerprint density at radius 2 is 1.75 bits per heavy atom. The Kier molecular flexibility index (Phi) is 11.6. The second-order valence-electron chi connectivity index (χ2n) is 15.3. The van der Waals surface area contributed by atoms with Gasteiger partial charge in [-0.25, -0.2) is 4.98 Å². The van der Waals surface area contributed by atoms with Gasteiger partial charge in [-0.2, -0.15) is 11.8 Å². The van der Waals surface area contributed by atoms with Crippen LogP contribution in [-0.4, -0.2) is 77.4 Å². The van der Waals surface area contributed by atoms with Crippen LogP contribution < -0.4 is 10.1 Å². The van der Waals surface area contributed by atoms with Crippen molar-refractivity contribution in [1.29, 1.82) is 0 Å². The van der Waals surface area contributed by atoms with Crippen molar-refractivity contribution in [3.63, 3.8) is 0 Å². The lowest BCUT2D eigenvalue weighted by Gasteiger charge is -2.36. The number of nitrogens with zero attached hydrogens (tertiary/aromatic N) is 4.